The van der Waals surface area contributed by atoms with Gasteiger partial charge in [0.05, 0.1) is 6.54 Å². The highest BCUT2D eigenvalue weighted by atomic mass is 16.4. The second-order valence-electron chi connectivity index (χ2n) is 7.40. The first-order chi connectivity index (χ1) is 12.5. The first-order valence-corrected chi connectivity index (χ1v) is 9.37. The fourth-order valence-electron chi connectivity index (χ4n) is 3.36. The summed E-state index contributed by atoms with van der Waals surface area (Å²) in [7, 11) is 0. The smallest absolute Gasteiger partial charge is 0.136 e. The molecule has 0 bridgehead atoms. The summed E-state index contributed by atoms with van der Waals surface area (Å²) in [5, 5.41) is 10.9. The summed E-state index contributed by atoms with van der Waals surface area (Å²) in [5.41, 5.74) is 1.55. The highest BCUT2D eigenvalue weighted by molar-refractivity contribution is 5.22. The monoisotopic (exact) mass is 351 g/mol. The van der Waals surface area contributed by atoms with E-state index in [4.69, 9.17) is 4.42 Å². The molecule has 0 aliphatic heterocycles. The lowest BCUT2D eigenvalue weighted by Gasteiger charge is -2.24. The second kappa shape index (κ2) is 8.07. The zero-order chi connectivity index (χ0) is 18.6. The van der Waals surface area contributed by atoms with E-state index in [2.05, 4.69) is 49.2 Å². The third-order valence-electron chi connectivity index (χ3n) is 5.01. The van der Waals surface area contributed by atoms with Gasteiger partial charge >= 0.3 is 0 Å². The molecule has 2 aromatic rings. The Balaban J connectivity index is 1.72. The molecule has 3 nitrogen and oxygen atoms in total. The topological polar surface area (TPSA) is 36.6 Å². The Morgan fingerprint density at radius 2 is 1.73 bits per heavy atom. The van der Waals surface area contributed by atoms with Crippen LogP contribution in [0.3, 0.4) is 0 Å². The molecule has 3 heteroatoms. The average molecular weight is 351 g/mol. The van der Waals surface area contributed by atoms with Crippen LogP contribution in [0.5, 0.6) is 0 Å². The van der Waals surface area contributed by atoms with E-state index in [-0.39, 0.29) is 0 Å². The number of aryl methyl sites for hydroxylation is 1. The van der Waals surface area contributed by atoms with E-state index in [1.807, 2.05) is 12.1 Å². The SMILES string of the molecule is C=CCC(O)(CC=C)c1ccc(CN(Cc2ccc(C)cc2)C2CC2)o1. The Hall–Kier alpha value is -2.10. The third-order valence-corrected chi connectivity index (χ3v) is 5.01. The quantitative estimate of drug-likeness (QED) is 0.606. The number of benzene rings is 1. The molecule has 0 spiro atoms. The minimum atomic E-state index is -1.05. The molecule has 0 atom stereocenters. The third kappa shape index (κ3) is 4.54. The molecular formula is C23H29NO2. The molecule has 1 aromatic carbocycles. The molecule has 1 aliphatic carbocycles. The van der Waals surface area contributed by atoms with E-state index in [1.165, 1.54) is 24.0 Å². The number of nitrogens with zero attached hydrogens (tertiary/aromatic N) is 1. The standard InChI is InChI=1S/C23H29NO2/c1-4-14-23(25,15-5-2)22-13-12-21(26-22)17-24(20-10-11-20)16-19-8-6-18(3)7-9-19/h4-9,12-13,20,25H,1-2,10-11,14-17H2,3H3. The normalized spacial score (nSPS) is 14.6. The molecule has 3 rings (SSSR count). The second-order valence-corrected chi connectivity index (χ2v) is 7.40. The highest BCUT2D eigenvalue weighted by Gasteiger charge is 2.32. The summed E-state index contributed by atoms with van der Waals surface area (Å²) in [5.74, 6) is 1.49. The Kier molecular flexibility index (Phi) is 5.80. The number of hydrogen-bond donors (Lipinski definition) is 1. The van der Waals surface area contributed by atoms with Crippen LogP contribution in [-0.4, -0.2) is 16.0 Å². The summed E-state index contributed by atoms with van der Waals surface area (Å²) in [6, 6.07) is 13.2. The van der Waals surface area contributed by atoms with Gasteiger partial charge in [-0.15, -0.1) is 13.2 Å². The zero-order valence-corrected chi connectivity index (χ0v) is 15.7. The van der Waals surface area contributed by atoms with Crippen molar-refractivity contribution >= 4 is 0 Å². The number of aliphatic hydroxyl groups is 1. The minimum absolute atomic E-state index is 0.446. The largest absolute Gasteiger partial charge is 0.462 e. The van der Waals surface area contributed by atoms with Crippen LogP contribution < -0.4 is 0 Å². The molecule has 0 radical (unpaired) electrons. The van der Waals surface area contributed by atoms with E-state index >= 15 is 0 Å². The van der Waals surface area contributed by atoms with Gasteiger partial charge in [0.1, 0.15) is 17.1 Å². The van der Waals surface area contributed by atoms with Gasteiger partial charge in [-0.3, -0.25) is 4.90 Å². The van der Waals surface area contributed by atoms with Gasteiger partial charge in [0, 0.05) is 25.4 Å². The maximum atomic E-state index is 10.9. The van der Waals surface area contributed by atoms with Crippen molar-refractivity contribution in [2.24, 2.45) is 0 Å². The molecule has 1 aromatic heterocycles. The highest BCUT2D eigenvalue weighted by Crippen LogP contribution is 2.33. The van der Waals surface area contributed by atoms with Crippen LogP contribution in [0.4, 0.5) is 0 Å². The van der Waals surface area contributed by atoms with Crippen LogP contribution in [0.15, 0.2) is 66.1 Å². The van der Waals surface area contributed by atoms with E-state index in [1.54, 1.807) is 12.2 Å². The molecule has 0 unspecified atom stereocenters. The lowest BCUT2D eigenvalue weighted by molar-refractivity contribution is 0.0186. The Morgan fingerprint density at radius 3 is 2.31 bits per heavy atom. The van der Waals surface area contributed by atoms with Gasteiger partial charge in [-0.1, -0.05) is 42.0 Å². The lowest BCUT2D eigenvalue weighted by Crippen LogP contribution is -2.25. The molecular weight excluding hydrogens is 322 g/mol. The zero-order valence-electron chi connectivity index (χ0n) is 15.7. The first kappa shape index (κ1) is 18.7. The number of rotatable bonds is 10. The lowest BCUT2D eigenvalue weighted by atomic mass is 9.93. The first-order valence-electron chi connectivity index (χ1n) is 9.37. The summed E-state index contributed by atoms with van der Waals surface area (Å²) in [6.45, 7) is 11.3. The summed E-state index contributed by atoms with van der Waals surface area (Å²) in [6.07, 6.45) is 6.83. The Morgan fingerprint density at radius 1 is 1.08 bits per heavy atom. The summed E-state index contributed by atoms with van der Waals surface area (Å²) in [4.78, 5) is 2.47. The predicted octanol–water partition coefficient (Wildman–Crippen LogP) is 5.09. The van der Waals surface area contributed by atoms with Crippen LogP contribution in [0, 0.1) is 6.92 Å². The maximum Gasteiger partial charge on any atom is 0.136 e. The van der Waals surface area contributed by atoms with Crippen LogP contribution >= 0.6 is 0 Å². The van der Waals surface area contributed by atoms with Crippen molar-refractivity contribution in [3.8, 4) is 0 Å². The molecule has 1 fully saturated rings. The minimum Gasteiger partial charge on any atom is -0.462 e. The van der Waals surface area contributed by atoms with Crippen molar-refractivity contribution in [1.82, 2.24) is 4.90 Å². The molecule has 1 heterocycles. The van der Waals surface area contributed by atoms with Crippen molar-refractivity contribution < 1.29 is 9.52 Å². The van der Waals surface area contributed by atoms with E-state index in [0.29, 0.717) is 24.6 Å². The fraction of sp³-hybridized carbons (Fsp3) is 0.391. The van der Waals surface area contributed by atoms with E-state index in [9.17, 15) is 5.11 Å². The van der Waals surface area contributed by atoms with Gasteiger partial charge in [-0.25, -0.2) is 0 Å². The average Bonchev–Trinajstić information content (AvgIpc) is 3.35. The maximum absolute atomic E-state index is 10.9. The fourth-order valence-corrected chi connectivity index (χ4v) is 3.36. The molecule has 0 saturated heterocycles. The Labute approximate surface area is 156 Å². The van der Waals surface area contributed by atoms with E-state index in [0.717, 1.165) is 18.8 Å². The molecule has 1 aliphatic rings. The van der Waals surface area contributed by atoms with Gasteiger partial charge in [0.25, 0.3) is 0 Å². The number of hydrogen-bond acceptors (Lipinski definition) is 3. The van der Waals surface area contributed by atoms with Crippen molar-refractivity contribution in [2.45, 2.75) is 57.3 Å². The van der Waals surface area contributed by atoms with Crippen LogP contribution in [-0.2, 0) is 18.7 Å². The Bertz CT molecular complexity index is 730. The van der Waals surface area contributed by atoms with Crippen molar-refractivity contribution in [3.05, 3.63) is 84.4 Å². The van der Waals surface area contributed by atoms with Gasteiger partial charge in [-0.05, 0) is 37.5 Å². The van der Waals surface area contributed by atoms with Crippen LogP contribution in [0.1, 0.15) is 48.3 Å². The van der Waals surface area contributed by atoms with Gasteiger partial charge in [0.2, 0.25) is 0 Å². The van der Waals surface area contributed by atoms with E-state index < -0.39 is 5.60 Å². The predicted molar refractivity (Wildman–Crippen MR) is 106 cm³/mol. The summed E-state index contributed by atoms with van der Waals surface area (Å²) >= 11 is 0. The van der Waals surface area contributed by atoms with Gasteiger partial charge < -0.3 is 9.52 Å². The van der Waals surface area contributed by atoms with Gasteiger partial charge in [0.15, 0.2) is 0 Å². The molecule has 138 valence electrons. The molecule has 1 N–H and O–H groups in total. The summed E-state index contributed by atoms with van der Waals surface area (Å²) < 4.78 is 6.03. The molecule has 26 heavy (non-hydrogen) atoms. The van der Waals surface area contributed by atoms with Crippen molar-refractivity contribution in [2.75, 3.05) is 0 Å². The number of furan rings is 1. The van der Waals surface area contributed by atoms with Crippen molar-refractivity contribution in [3.63, 3.8) is 0 Å². The molecule has 1 saturated carbocycles. The van der Waals surface area contributed by atoms with Crippen molar-refractivity contribution in [1.29, 1.82) is 0 Å². The van der Waals surface area contributed by atoms with Crippen LogP contribution in [0.25, 0.3) is 0 Å². The van der Waals surface area contributed by atoms with Gasteiger partial charge in [-0.2, -0.15) is 0 Å². The van der Waals surface area contributed by atoms with Crippen LogP contribution in [0.2, 0.25) is 0 Å². The molecule has 0 amide bonds.